The summed E-state index contributed by atoms with van der Waals surface area (Å²) in [5.74, 6) is 0.970. The van der Waals surface area contributed by atoms with Crippen LogP contribution >= 0.6 is 0 Å². The fourth-order valence-electron chi connectivity index (χ4n) is 4.01. The number of nitrogens with zero attached hydrogens (tertiary/aromatic N) is 2. The molecular formula is C19H22N2. The summed E-state index contributed by atoms with van der Waals surface area (Å²) in [5.41, 5.74) is 4.28. The average Bonchev–Trinajstić information content (AvgIpc) is 2.86. The third-order valence-corrected chi connectivity index (χ3v) is 5.26. The maximum Gasteiger partial charge on any atom is 0.0625 e. The molecule has 2 nitrogen and oxygen atoms in total. The Labute approximate surface area is 126 Å². The normalized spacial score (nSPS) is 23.0. The van der Waals surface area contributed by atoms with E-state index < -0.39 is 0 Å². The topological polar surface area (TPSA) is 28.7 Å². The fraction of sp³-hybridized carbons (Fsp3) is 0.421. The smallest absolute Gasteiger partial charge is 0.0625 e. The lowest BCUT2D eigenvalue weighted by atomic mass is 10.0. The van der Waals surface area contributed by atoms with Crippen molar-refractivity contribution < 1.29 is 0 Å². The number of rotatable bonds is 4. The predicted molar refractivity (Wildman–Crippen MR) is 87.1 cm³/mol. The van der Waals surface area contributed by atoms with Crippen molar-refractivity contribution in [3.05, 3.63) is 48.2 Å². The standard InChI is InChI=1S/C19H22N2/c1-5-12-21-13(2)17(14-8-6-7-9-16(14)21)18-15(10-11-20)19(18,3)4/h5-9,15,18H,1,10,12H2,2-4H3/t15-,18-/m1/s1. The molecule has 1 aliphatic carbocycles. The molecule has 1 aliphatic rings. The van der Waals surface area contributed by atoms with Gasteiger partial charge in [0.25, 0.3) is 0 Å². The molecule has 1 aromatic heterocycles. The van der Waals surface area contributed by atoms with Gasteiger partial charge in [-0.05, 0) is 35.8 Å². The van der Waals surface area contributed by atoms with E-state index in [2.05, 4.69) is 62.3 Å². The van der Waals surface area contributed by atoms with Gasteiger partial charge in [0.2, 0.25) is 0 Å². The third kappa shape index (κ3) is 1.92. The van der Waals surface area contributed by atoms with Gasteiger partial charge in [0.15, 0.2) is 0 Å². The second kappa shape index (κ2) is 4.77. The first kappa shape index (κ1) is 13.9. The lowest BCUT2D eigenvalue weighted by molar-refractivity contribution is 0.559. The summed E-state index contributed by atoms with van der Waals surface area (Å²) in [4.78, 5) is 0. The van der Waals surface area contributed by atoms with E-state index in [1.807, 2.05) is 6.08 Å². The molecule has 1 heterocycles. The second-order valence-electron chi connectivity index (χ2n) is 6.68. The van der Waals surface area contributed by atoms with Crippen LogP contribution in [0.15, 0.2) is 36.9 Å². The van der Waals surface area contributed by atoms with E-state index >= 15 is 0 Å². The number of aromatic nitrogens is 1. The van der Waals surface area contributed by atoms with Crippen molar-refractivity contribution >= 4 is 10.9 Å². The van der Waals surface area contributed by atoms with Crippen molar-refractivity contribution in [1.82, 2.24) is 4.57 Å². The molecule has 0 amide bonds. The van der Waals surface area contributed by atoms with Crippen LogP contribution in [0.25, 0.3) is 10.9 Å². The molecule has 0 bridgehead atoms. The molecule has 0 saturated heterocycles. The van der Waals surface area contributed by atoms with E-state index in [0.29, 0.717) is 18.3 Å². The zero-order chi connectivity index (χ0) is 15.2. The lowest BCUT2D eigenvalue weighted by Gasteiger charge is -2.06. The maximum absolute atomic E-state index is 9.08. The van der Waals surface area contributed by atoms with Gasteiger partial charge in [0, 0.05) is 29.6 Å². The van der Waals surface area contributed by atoms with E-state index in [1.165, 1.54) is 22.2 Å². The van der Waals surface area contributed by atoms with E-state index in [4.69, 9.17) is 5.26 Å². The van der Waals surface area contributed by atoms with Crippen molar-refractivity contribution in [2.45, 2.75) is 39.7 Å². The molecule has 1 aromatic carbocycles. The Morgan fingerprint density at radius 3 is 2.76 bits per heavy atom. The zero-order valence-corrected chi connectivity index (χ0v) is 13.1. The van der Waals surface area contributed by atoms with Crippen molar-refractivity contribution in [3.8, 4) is 6.07 Å². The summed E-state index contributed by atoms with van der Waals surface area (Å²) >= 11 is 0. The Kier molecular flexibility index (Phi) is 3.17. The summed E-state index contributed by atoms with van der Waals surface area (Å²) in [6.07, 6.45) is 2.60. The van der Waals surface area contributed by atoms with Gasteiger partial charge in [-0.1, -0.05) is 38.1 Å². The van der Waals surface area contributed by atoms with Crippen LogP contribution in [0, 0.1) is 29.6 Å². The molecule has 1 fully saturated rings. The highest BCUT2D eigenvalue weighted by Crippen LogP contribution is 2.67. The van der Waals surface area contributed by atoms with Gasteiger partial charge in [-0.25, -0.2) is 0 Å². The summed E-state index contributed by atoms with van der Waals surface area (Å²) < 4.78 is 2.34. The molecule has 21 heavy (non-hydrogen) atoms. The average molecular weight is 278 g/mol. The zero-order valence-electron chi connectivity index (χ0n) is 13.1. The van der Waals surface area contributed by atoms with Crippen molar-refractivity contribution in [2.75, 3.05) is 0 Å². The van der Waals surface area contributed by atoms with Crippen LogP contribution < -0.4 is 0 Å². The van der Waals surface area contributed by atoms with Gasteiger partial charge in [0.1, 0.15) is 0 Å². The highest BCUT2D eigenvalue weighted by Gasteiger charge is 2.59. The van der Waals surface area contributed by atoms with Gasteiger partial charge >= 0.3 is 0 Å². The van der Waals surface area contributed by atoms with Crippen molar-refractivity contribution in [2.24, 2.45) is 11.3 Å². The number of benzene rings is 1. The molecule has 1 saturated carbocycles. The summed E-state index contributed by atoms with van der Waals surface area (Å²) in [6.45, 7) is 11.5. The van der Waals surface area contributed by atoms with Crippen LogP contribution in [0.3, 0.4) is 0 Å². The largest absolute Gasteiger partial charge is 0.341 e. The van der Waals surface area contributed by atoms with Crippen LogP contribution in [-0.2, 0) is 6.54 Å². The Bertz CT molecular complexity index is 743. The highest BCUT2D eigenvalue weighted by atomic mass is 15.0. The minimum Gasteiger partial charge on any atom is -0.341 e. The number of para-hydroxylation sites is 1. The SMILES string of the molecule is C=CCn1c(C)c([C@H]2[C@@H](CC#N)C2(C)C)c2ccccc21. The highest BCUT2D eigenvalue weighted by molar-refractivity contribution is 5.87. The molecule has 0 N–H and O–H groups in total. The molecule has 2 heteroatoms. The van der Waals surface area contributed by atoms with Crippen LogP contribution in [0.5, 0.6) is 0 Å². The van der Waals surface area contributed by atoms with Crippen LogP contribution in [0.2, 0.25) is 0 Å². The Morgan fingerprint density at radius 1 is 1.38 bits per heavy atom. The van der Waals surface area contributed by atoms with Crippen LogP contribution in [0.4, 0.5) is 0 Å². The van der Waals surface area contributed by atoms with Crippen LogP contribution in [0.1, 0.15) is 37.4 Å². The van der Waals surface area contributed by atoms with E-state index in [0.717, 1.165) is 6.54 Å². The number of nitriles is 1. The Hall–Kier alpha value is -2.01. The number of allylic oxidation sites excluding steroid dienone is 1. The van der Waals surface area contributed by atoms with Gasteiger partial charge in [-0.3, -0.25) is 0 Å². The molecule has 2 atom stereocenters. The minimum absolute atomic E-state index is 0.226. The van der Waals surface area contributed by atoms with Crippen LogP contribution in [-0.4, -0.2) is 4.57 Å². The predicted octanol–water partition coefficient (Wildman–Crippen LogP) is 4.79. The maximum atomic E-state index is 9.08. The van der Waals surface area contributed by atoms with Gasteiger partial charge in [-0.15, -0.1) is 6.58 Å². The first-order chi connectivity index (χ1) is 10.0. The van der Waals surface area contributed by atoms with Gasteiger partial charge in [0.05, 0.1) is 6.07 Å². The monoisotopic (exact) mass is 278 g/mol. The fourth-order valence-corrected chi connectivity index (χ4v) is 4.01. The number of hydrogen-bond acceptors (Lipinski definition) is 1. The van der Waals surface area contributed by atoms with Crippen molar-refractivity contribution in [1.29, 1.82) is 5.26 Å². The second-order valence-corrected chi connectivity index (χ2v) is 6.68. The molecule has 2 aromatic rings. The first-order valence-electron chi connectivity index (χ1n) is 7.59. The number of fused-ring (bicyclic) bond motifs is 1. The molecule has 0 unspecified atom stereocenters. The Balaban J connectivity index is 2.18. The number of hydrogen-bond donors (Lipinski definition) is 0. The molecule has 3 rings (SSSR count). The minimum atomic E-state index is 0.226. The molecule has 0 radical (unpaired) electrons. The van der Waals surface area contributed by atoms with E-state index in [9.17, 15) is 0 Å². The summed E-state index contributed by atoms with van der Waals surface area (Å²) in [6, 6.07) is 11.0. The molecular weight excluding hydrogens is 256 g/mol. The molecule has 0 aliphatic heterocycles. The molecule has 108 valence electrons. The van der Waals surface area contributed by atoms with Gasteiger partial charge < -0.3 is 4.57 Å². The summed E-state index contributed by atoms with van der Waals surface area (Å²) in [5, 5.41) is 10.4. The van der Waals surface area contributed by atoms with Gasteiger partial charge in [-0.2, -0.15) is 5.26 Å². The van der Waals surface area contributed by atoms with E-state index in [-0.39, 0.29) is 5.41 Å². The quantitative estimate of drug-likeness (QED) is 0.739. The third-order valence-electron chi connectivity index (χ3n) is 5.26. The Morgan fingerprint density at radius 2 is 2.10 bits per heavy atom. The lowest BCUT2D eigenvalue weighted by Crippen LogP contribution is -1.99. The van der Waals surface area contributed by atoms with E-state index in [1.54, 1.807) is 0 Å². The van der Waals surface area contributed by atoms with Crippen molar-refractivity contribution in [3.63, 3.8) is 0 Å². The summed E-state index contributed by atoms with van der Waals surface area (Å²) in [7, 11) is 0. The first-order valence-corrected chi connectivity index (χ1v) is 7.59. The molecule has 0 spiro atoms.